The molecule has 0 spiro atoms. The van der Waals surface area contributed by atoms with E-state index in [4.69, 9.17) is 14.2 Å². The van der Waals surface area contributed by atoms with E-state index < -0.39 is 6.10 Å². The highest BCUT2D eigenvalue weighted by Gasteiger charge is 2.19. The van der Waals surface area contributed by atoms with Gasteiger partial charge in [0, 0.05) is 19.3 Å². The van der Waals surface area contributed by atoms with Crippen LogP contribution in [0.2, 0.25) is 0 Å². The lowest BCUT2D eigenvalue weighted by Gasteiger charge is -2.18. The predicted molar refractivity (Wildman–Crippen MR) is 283 cm³/mol. The third kappa shape index (κ3) is 51.1. The molecule has 0 amide bonds. The quantitative estimate of drug-likeness (QED) is 0.0262. The van der Waals surface area contributed by atoms with Crippen LogP contribution in [-0.4, -0.2) is 37.2 Å². The molecule has 6 nitrogen and oxygen atoms in total. The smallest absolute Gasteiger partial charge is 0.306 e. The number of carbonyl (C=O) groups is 3. The second-order valence-electron chi connectivity index (χ2n) is 17.4. The van der Waals surface area contributed by atoms with E-state index in [0.29, 0.717) is 12.8 Å². The van der Waals surface area contributed by atoms with Crippen molar-refractivity contribution in [1.82, 2.24) is 0 Å². The highest BCUT2D eigenvalue weighted by molar-refractivity contribution is 5.71. The second-order valence-corrected chi connectivity index (χ2v) is 17.4. The summed E-state index contributed by atoms with van der Waals surface area (Å²) in [5.41, 5.74) is 0. The molecule has 0 aromatic rings. The lowest BCUT2D eigenvalue weighted by Crippen LogP contribution is -2.30. The molecular weight excluding hydrogens is 817 g/mol. The Hall–Kier alpha value is -3.93. The van der Waals surface area contributed by atoms with Gasteiger partial charge < -0.3 is 14.2 Å². The Morgan fingerprint density at radius 1 is 0.318 bits per heavy atom. The number of rotatable bonds is 47. The maximum Gasteiger partial charge on any atom is 0.306 e. The largest absolute Gasteiger partial charge is 0.462 e. The Labute approximate surface area is 406 Å². The lowest BCUT2D eigenvalue weighted by atomic mass is 10.1. The van der Waals surface area contributed by atoms with Crippen molar-refractivity contribution in [3.63, 3.8) is 0 Å². The zero-order valence-electron chi connectivity index (χ0n) is 42.7. The Morgan fingerprint density at radius 2 is 0.591 bits per heavy atom. The first kappa shape index (κ1) is 62.1. The molecule has 6 heteroatoms. The minimum atomic E-state index is -0.802. The highest BCUT2D eigenvalue weighted by atomic mass is 16.6. The van der Waals surface area contributed by atoms with E-state index in [1.165, 1.54) is 57.8 Å². The van der Waals surface area contributed by atoms with Crippen LogP contribution < -0.4 is 0 Å². The van der Waals surface area contributed by atoms with Crippen LogP contribution in [0.4, 0.5) is 0 Å². The summed E-state index contributed by atoms with van der Waals surface area (Å²) in [4.78, 5) is 38.0. The summed E-state index contributed by atoms with van der Waals surface area (Å²) in [6.07, 6.45) is 72.2. The number of allylic oxidation sites excluding steroid dienone is 18. The monoisotopic (exact) mass is 915 g/mol. The second kappa shape index (κ2) is 53.7. The van der Waals surface area contributed by atoms with Crippen LogP contribution in [0.3, 0.4) is 0 Å². The zero-order chi connectivity index (χ0) is 47.9. The fraction of sp³-hybridized carbons (Fsp3) is 0.650. The Bertz CT molecular complexity index is 1370. The minimum absolute atomic E-state index is 0.0995. The van der Waals surface area contributed by atoms with Crippen molar-refractivity contribution in [3.8, 4) is 0 Å². The van der Waals surface area contributed by atoms with E-state index in [0.717, 1.165) is 135 Å². The van der Waals surface area contributed by atoms with Gasteiger partial charge in [0.2, 0.25) is 0 Å². The molecule has 0 aliphatic heterocycles. The van der Waals surface area contributed by atoms with Crippen molar-refractivity contribution in [2.45, 2.75) is 239 Å². The molecule has 0 aromatic carbocycles. The van der Waals surface area contributed by atoms with E-state index in [2.05, 4.69) is 130 Å². The predicted octanol–water partition coefficient (Wildman–Crippen LogP) is 17.9. The van der Waals surface area contributed by atoms with Crippen molar-refractivity contribution in [2.24, 2.45) is 0 Å². The molecule has 0 radical (unpaired) electrons. The van der Waals surface area contributed by atoms with Crippen LogP contribution >= 0.6 is 0 Å². The van der Waals surface area contributed by atoms with Gasteiger partial charge in [0.25, 0.3) is 0 Å². The van der Waals surface area contributed by atoms with Crippen molar-refractivity contribution in [2.75, 3.05) is 13.2 Å². The summed E-state index contributed by atoms with van der Waals surface area (Å²) < 4.78 is 16.8. The molecule has 1 atom stereocenters. The molecule has 0 saturated heterocycles. The summed E-state index contributed by atoms with van der Waals surface area (Å²) >= 11 is 0. The van der Waals surface area contributed by atoms with E-state index in [-0.39, 0.29) is 37.5 Å². The SMILES string of the molecule is CC/C=C\C/C=C\C/C=C\C/C=C\C/C=C\CCCCCCCCCC(=O)OCC(COC(=O)CCCCCCC/C=C\CCCCC)OC(=O)CCCCC/C=C\C/C=C\C/C=C\CC. The number of hydrogen-bond acceptors (Lipinski definition) is 6. The fourth-order valence-corrected chi connectivity index (χ4v) is 7.01. The number of unbranched alkanes of at least 4 members (excludes halogenated alkanes) is 18. The molecule has 0 aliphatic carbocycles. The molecule has 0 aromatic heterocycles. The van der Waals surface area contributed by atoms with Crippen LogP contribution in [0, 0.1) is 0 Å². The molecule has 0 N–H and O–H groups in total. The molecule has 66 heavy (non-hydrogen) atoms. The summed E-state index contributed by atoms with van der Waals surface area (Å²) in [5, 5.41) is 0. The van der Waals surface area contributed by atoms with E-state index in [1.54, 1.807) is 0 Å². The summed E-state index contributed by atoms with van der Waals surface area (Å²) in [5.74, 6) is -0.953. The zero-order valence-corrected chi connectivity index (χ0v) is 42.7. The van der Waals surface area contributed by atoms with Crippen LogP contribution in [0.15, 0.2) is 109 Å². The molecule has 0 fully saturated rings. The summed E-state index contributed by atoms with van der Waals surface area (Å²) in [6.45, 7) is 6.33. The third-order valence-electron chi connectivity index (χ3n) is 11.0. The molecular formula is C60H98O6. The van der Waals surface area contributed by atoms with Gasteiger partial charge in [-0.25, -0.2) is 0 Å². The van der Waals surface area contributed by atoms with E-state index >= 15 is 0 Å². The maximum absolute atomic E-state index is 12.8. The standard InChI is InChI=1S/C60H98O6/c1-4-7-10-13-16-19-22-25-26-27-28-29-30-31-32-33-34-36-38-41-44-47-50-53-59(62)65-56-57(55-64-58(61)52-49-46-43-40-37-24-21-18-15-12-9-6-3)66-60(63)54-51-48-45-42-39-35-23-20-17-14-11-8-5-2/h7-8,10-11,16-21,25-26,28-29,31-32,35,39,57H,4-6,9,12-15,22-24,27,30,33-34,36-38,40-56H2,1-3H3/b10-7-,11-8-,19-16-,20-17-,21-18-,26-25-,29-28-,32-31-,39-35-. The summed E-state index contributed by atoms with van der Waals surface area (Å²) in [7, 11) is 0. The van der Waals surface area contributed by atoms with Gasteiger partial charge in [-0.3, -0.25) is 14.4 Å². The topological polar surface area (TPSA) is 78.9 Å². The van der Waals surface area contributed by atoms with Gasteiger partial charge in [-0.1, -0.05) is 201 Å². The van der Waals surface area contributed by atoms with Crippen molar-refractivity contribution in [1.29, 1.82) is 0 Å². The Kier molecular flexibility index (Phi) is 50.5. The first-order chi connectivity index (χ1) is 32.5. The average Bonchev–Trinajstić information content (AvgIpc) is 3.31. The van der Waals surface area contributed by atoms with E-state index in [9.17, 15) is 14.4 Å². The van der Waals surface area contributed by atoms with Gasteiger partial charge in [-0.2, -0.15) is 0 Å². The van der Waals surface area contributed by atoms with Crippen LogP contribution in [0.25, 0.3) is 0 Å². The van der Waals surface area contributed by atoms with Gasteiger partial charge in [0.05, 0.1) is 0 Å². The highest BCUT2D eigenvalue weighted by Crippen LogP contribution is 2.13. The number of carbonyl (C=O) groups excluding carboxylic acids is 3. The van der Waals surface area contributed by atoms with Gasteiger partial charge in [-0.15, -0.1) is 0 Å². The van der Waals surface area contributed by atoms with E-state index in [1.807, 2.05) is 0 Å². The Morgan fingerprint density at radius 3 is 0.955 bits per heavy atom. The van der Waals surface area contributed by atoms with Crippen LogP contribution in [-0.2, 0) is 28.6 Å². The first-order valence-electron chi connectivity index (χ1n) is 26.9. The Balaban J connectivity index is 4.38. The van der Waals surface area contributed by atoms with Gasteiger partial charge in [0.1, 0.15) is 13.2 Å². The fourth-order valence-electron chi connectivity index (χ4n) is 7.01. The van der Waals surface area contributed by atoms with Gasteiger partial charge in [0.15, 0.2) is 6.10 Å². The van der Waals surface area contributed by atoms with Crippen LogP contribution in [0.1, 0.15) is 233 Å². The number of hydrogen-bond donors (Lipinski definition) is 0. The lowest BCUT2D eigenvalue weighted by molar-refractivity contribution is -0.167. The minimum Gasteiger partial charge on any atom is -0.462 e. The maximum atomic E-state index is 12.8. The first-order valence-corrected chi connectivity index (χ1v) is 26.9. The molecule has 0 bridgehead atoms. The van der Waals surface area contributed by atoms with Crippen molar-refractivity contribution in [3.05, 3.63) is 109 Å². The molecule has 0 saturated carbocycles. The molecule has 0 heterocycles. The van der Waals surface area contributed by atoms with Gasteiger partial charge in [-0.05, 0) is 122 Å². The number of ether oxygens (including phenoxy) is 3. The summed E-state index contributed by atoms with van der Waals surface area (Å²) in [6, 6.07) is 0. The molecule has 374 valence electrons. The van der Waals surface area contributed by atoms with Crippen molar-refractivity contribution >= 4 is 17.9 Å². The van der Waals surface area contributed by atoms with Gasteiger partial charge >= 0.3 is 17.9 Å². The van der Waals surface area contributed by atoms with Crippen LogP contribution in [0.5, 0.6) is 0 Å². The normalized spacial score (nSPS) is 13.0. The molecule has 1 unspecified atom stereocenters. The van der Waals surface area contributed by atoms with Crippen molar-refractivity contribution < 1.29 is 28.6 Å². The number of esters is 3. The average molecular weight is 915 g/mol. The third-order valence-corrected chi connectivity index (χ3v) is 11.0. The molecule has 0 aliphatic rings. The molecule has 0 rings (SSSR count).